The number of hydrogen-bond acceptors (Lipinski definition) is 5. The Bertz CT molecular complexity index is 194. The molecule has 0 bridgehead atoms. The summed E-state index contributed by atoms with van der Waals surface area (Å²) >= 11 is 0. The highest BCUT2D eigenvalue weighted by atomic mass is 31.2. The number of hydrogen-bond donors (Lipinski definition) is 0. The molecule has 0 atom stereocenters. The van der Waals surface area contributed by atoms with Crippen LogP contribution in [0.2, 0.25) is 0 Å². The van der Waals surface area contributed by atoms with Crippen LogP contribution in [0.4, 0.5) is 0 Å². The summed E-state index contributed by atoms with van der Waals surface area (Å²) in [5.41, 5.74) is 0. The van der Waals surface area contributed by atoms with Crippen molar-refractivity contribution in [2.24, 2.45) is 0 Å². The van der Waals surface area contributed by atoms with Gasteiger partial charge in [0.05, 0.1) is 25.6 Å². The molecule has 0 heterocycles. The Morgan fingerprint density at radius 1 is 1.07 bits per heavy atom. The molecule has 0 fully saturated rings. The van der Waals surface area contributed by atoms with E-state index < -0.39 is 7.60 Å². The van der Waals surface area contributed by atoms with Crippen LogP contribution in [0.3, 0.4) is 0 Å². The summed E-state index contributed by atoms with van der Waals surface area (Å²) in [6.45, 7) is 6.30. The average molecular weight is 224 g/mol. The normalized spacial score (nSPS) is 12.2. The van der Waals surface area contributed by atoms with E-state index in [1.54, 1.807) is 20.8 Å². The summed E-state index contributed by atoms with van der Waals surface area (Å²) in [7, 11) is -3.15. The molecule has 14 heavy (non-hydrogen) atoms. The lowest BCUT2D eigenvalue weighted by Gasteiger charge is -2.11. The van der Waals surface area contributed by atoms with Crippen LogP contribution in [0.5, 0.6) is 0 Å². The monoisotopic (exact) mass is 224 g/mol. The molecule has 0 spiro atoms. The van der Waals surface area contributed by atoms with E-state index in [1.165, 1.54) is 5.82 Å². The van der Waals surface area contributed by atoms with E-state index in [4.69, 9.17) is 9.05 Å². The molecule has 0 aromatic heterocycles. The summed E-state index contributed by atoms with van der Waals surface area (Å²) in [5.74, 6) is 1.23. The van der Waals surface area contributed by atoms with E-state index in [2.05, 4.69) is 9.78 Å². The van der Waals surface area contributed by atoms with E-state index in [0.29, 0.717) is 19.8 Å². The summed E-state index contributed by atoms with van der Waals surface area (Å²) in [6.07, 6.45) is 1.16. The Hall–Kier alpha value is -0.350. The molecular formula is C8H17O5P. The van der Waals surface area contributed by atoms with Crippen molar-refractivity contribution in [2.45, 2.75) is 20.8 Å². The highest BCUT2D eigenvalue weighted by Crippen LogP contribution is 2.49. The zero-order valence-corrected chi connectivity index (χ0v) is 9.66. The van der Waals surface area contributed by atoms with Crippen LogP contribution in [-0.2, 0) is 23.4 Å². The maximum Gasteiger partial charge on any atom is 0.357 e. The van der Waals surface area contributed by atoms with Gasteiger partial charge in [0, 0.05) is 0 Å². The van der Waals surface area contributed by atoms with Crippen LogP contribution in [-0.4, -0.2) is 19.8 Å². The third-order valence-electron chi connectivity index (χ3n) is 1.10. The Labute approximate surface area is 84.5 Å². The first-order valence-electron chi connectivity index (χ1n) is 4.53. The van der Waals surface area contributed by atoms with Gasteiger partial charge in [-0.05, 0) is 20.8 Å². The molecule has 0 N–H and O–H groups in total. The van der Waals surface area contributed by atoms with Gasteiger partial charge < -0.3 is 13.9 Å². The van der Waals surface area contributed by atoms with Crippen LogP contribution in [0, 0.1) is 0 Å². The van der Waals surface area contributed by atoms with E-state index in [1.807, 2.05) is 0 Å². The summed E-state index contributed by atoms with van der Waals surface area (Å²) in [4.78, 5) is 9.12. The summed E-state index contributed by atoms with van der Waals surface area (Å²) < 4.78 is 21.6. The fourth-order valence-electron chi connectivity index (χ4n) is 0.690. The highest BCUT2D eigenvalue weighted by molar-refractivity contribution is 7.57. The third kappa shape index (κ3) is 6.16. The van der Waals surface area contributed by atoms with Crippen molar-refractivity contribution in [1.29, 1.82) is 0 Å². The van der Waals surface area contributed by atoms with Crippen LogP contribution >= 0.6 is 7.60 Å². The minimum atomic E-state index is -3.15. The first-order chi connectivity index (χ1) is 6.68. The van der Waals surface area contributed by atoms with E-state index in [-0.39, 0.29) is 0 Å². The predicted molar refractivity (Wildman–Crippen MR) is 52.7 cm³/mol. The molecule has 0 saturated carbocycles. The quantitative estimate of drug-likeness (QED) is 0.208. The Morgan fingerprint density at radius 3 is 2.07 bits per heavy atom. The van der Waals surface area contributed by atoms with E-state index in [9.17, 15) is 4.57 Å². The SMILES string of the molecule is CCOO/C=C/P(=O)(OCC)OCC. The smallest absolute Gasteiger partial charge is 0.345 e. The van der Waals surface area contributed by atoms with Gasteiger partial charge in [-0.1, -0.05) is 0 Å². The van der Waals surface area contributed by atoms with Crippen molar-refractivity contribution in [3.8, 4) is 0 Å². The minimum Gasteiger partial charge on any atom is -0.345 e. The van der Waals surface area contributed by atoms with Gasteiger partial charge in [0.15, 0.2) is 0 Å². The molecular weight excluding hydrogens is 207 g/mol. The zero-order chi connectivity index (χ0) is 10.9. The molecule has 84 valence electrons. The molecule has 0 amide bonds. The molecule has 0 aromatic carbocycles. The molecule has 0 saturated heterocycles. The van der Waals surface area contributed by atoms with Crippen LogP contribution in [0.25, 0.3) is 0 Å². The molecule has 0 rings (SSSR count). The van der Waals surface area contributed by atoms with Crippen molar-refractivity contribution >= 4 is 7.60 Å². The van der Waals surface area contributed by atoms with Crippen LogP contribution in [0.15, 0.2) is 12.1 Å². The van der Waals surface area contributed by atoms with Crippen molar-refractivity contribution in [3.05, 3.63) is 12.1 Å². The molecule has 0 aromatic rings. The minimum absolute atomic E-state index is 0.316. The van der Waals surface area contributed by atoms with Gasteiger partial charge in [-0.25, -0.2) is 0 Å². The van der Waals surface area contributed by atoms with Gasteiger partial charge >= 0.3 is 7.60 Å². The molecule has 0 radical (unpaired) electrons. The third-order valence-corrected chi connectivity index (χ3v) is 2.83. The second-order valence-electron chi connectivity index (χ2n) is 2.16. The lowest BCUT2D eigenvalue weighted by Crippen LogP contribution is -1.93. The van der Waals surface area contributed by atoms with Gasteiger partial charge in [0.25, 0.3) is 0 Å². The average Bonchev–Trinajstić information content (AvgIpc) is 2.13. The topological polar surface area (TPSA) is 54.0 Å². The maximum atomic E-state index is 11.7. The van der Waals surface area contributed by atoms with Gasteiger partial charge in [-0.15, -0.1) is 0 Å². The fourth-order valence-corrected chi connectivity index (χ4v) is 1.86. The molecule has 0 unspecified atom stereocenters. The Morgan fingerprint density at radius 2 is 1.64 bits per heavy atom. The van der Waals surface area contributed by atoms with Crippen molar-refractivity contribution in [3.63, 3.8) is 0 Å². The van der Waals surface area contributed by atoms with Crippen LogP contribution < -0.4 is 0 Å². The Balaban J connectivity index is 4.07. The molecule has 0 aliphatic rings. The molecule has 5 nitrogen and oxygen atoms in total. The first kappa shape index (κ1) is 13.7. The highest BCUT2D eigenvalue weighted by Gasteiger charge is 2.19. The van der Waals surface area contributed by atoms with Crippen molar-refractivity contribution in [1.82, 2.24) is 0 Å². The first-order valence-corrected chi connectivity index (χ1v) is 6.14. The second kappa shape index (κ2) is 8.00. The van der Waals surface area contributed by atoms with Gasteiger partial charge in [0.2, 0.25) is 0 Å². The van der Waals surface area contributed by atoms with Gasteiger partial charge in [0.1, 0.15) is 6.26 Å². The largest absolute Gasteiger partial charge is 0.357 e. The fraction of sp³-hybridized carbons (Fsp3) is 0.750. The number of rotatable bonds is 8. The van der Waals surface area contributed by atoms with Gasteiger partial charge in [-0.3, -0.25) is 4.57 Å². The molecule has 0 aliphatic heterocycles. The van der Waals surface area contributed by atoms with Crippen LogP contribution in [0.1, 0.15) is 20.8 Å². The van der Waals surface area contributed by atoms with Gasteiger partial charge in [-0.2, -0.15) is 4.89 Å². The van der Waals surface area contributed by atoms with E-state index >= 15 is 0 Å². The molecule has 6 heteroatoms. The standard InChI is InChI=1S/C8H17O5P/c1-4-10-11-7-8-14(9,12-5-2)13-6-3/h7-8H,4-6H2,1-3H3/b8-7+. The molecule has 0 aliphatic carbocycles. The predicted octanol–water partition coefficient (Wildman–Crippen LogP) is 2.69. The lowest BCUT2D eigenvalue weighted by molar-refractivity contribution is -0.244. The maximum absolute atomic E-state index is 11.7. The zero-order valence-electron chi connectivity index (χ0n) is 8.76. The summed E-state index contributed by atoms with van der Waals surface area (Å²) in [6, 6.07) is 0. The van der Waals surface area contributed by atoms with Crippen molar-refractivity contribution < 1.29 is 23.4 Å². The van der Waals surface area contributed by atoms with Crippen molar-refractivity contribution in [2.75, 3.05) is 19.8 Å². The lowest BCUT2D eigenvalue weighted by atomic mass is 10.9. The van der Waals surface area contributed by atoms with E-state index in [0.717, 1.165) is 6.26 Å². The summed E-state index contributed by atoms with van der Waals surface area (Å²) in [5, 5.41) is 0. The Kier molecular flexibility index (Phi) is 7.80. The second-order valence-corrected chi connectivity index (χ2v) is 4.06.